The fourth-order valence-corrected chi connectivity index (χ4v) is 2.43. The van der Waals surface area contributed by atoms with Crippen molar-refractivity contribution in [2.45, 2.75) is 18.9 Å². The highest BCUT2D eigenvalue weighted by Crippen LogP contribution is 2.17. The number of ether oxygens (including phenoxy) is 2. The Balaban J connectivity index is 2.15. The lowest BCUT2D eigenvalue weighted by Gasteiger charge is -2.18. The van der Waals surface area contributed by atoms with Crippen molar-refractivity contribution in [2.75, 3.05) is 14.2 Å². The summed E-state index contributed by atoms with van der Waals surface area (Å²) < 4.78 is 37.2. The summed E-state index contributed by atoms with van der Waals surface area (Å²) in [6.45, 7) is 0. The zero-order valence-corrected chi connectivity index (χ0v) is 14.3. The van der Waals surface area contributed by atoms with E-state index in [0.717, 1.165) is 12.1 Å². The fraction of sp³-hybridized carbons (Fsp3) is 0.278. The maximum Gasteiger partial charge on any atom is 0.328 e. The zero-order valence-electron chi connectivity index (χ0n) is 14.3. The van der Waals surface area contributed by atoms with Crippen molar-refractivity contribution in [3.05, 3.63) is 59.3 Å². The lowest BCUT2D eigenvalue weighted by atomic mass is 10.1. The topological polar surface area (TPSA) is 77.5 Å². The Bertz CT molecular complexity index is 778. The van der Waals surface area contributed by atoms with Gasteiger partial charge in [0.1, 0.15) is 17.7 Å². The number of hydrogen-bond acceptors (Lipinski definition) is 5. The van der Waals surface area contributed by atoms with Crippen molar-refractivity contribution < 1.29 is 27.8 Å². The number of esters is 1. The van der Waals surface area contributed by atoms with Crippen LogP contribution in [0, 0.1) is 11.6 Å². The van der Waals surface area contributed by atoms with Crippen LogP contribution in [0.25, 0.3) is 0 Å². The van der Waals surface area contributed by atoms with Gasteiger partial charge in [-0.3, -0.25) is 4.79 Å². The number of pyridine rings is 1. The van der Waals surface area contributed by atoms with E-state index in [1.54, 1.807) is 12.1 Å². The number of benzene rings is 1. The van der Waals surface area contributed by atoms with E-state index in [9.17, 15) is 18.4 Å². The van der Waals surface area contributed by atoms with Crippen LogP contribution < -0.4 is 10.1 Å². The number of rotatable bonds is 7. The van der Waals surface area contributed by atoms with E-state index in [4.69, 9.17) is 9.47 Å². The molecule has 6 nitrogen and oxygen atoms in total. The van der Waals surface area contributed by atoms with Crippen molar-refractivity contribution in [3.8, 4) is 5.88 Å². The van der Waals surface area contributed by atoms with E-state index in [1.165, 1.54) is 26.5 Å². The van der Waals surface area contributed by atoms with Crippen LogP contribution in [-0.4, -0.2) is 37.1 Å². The molecule has 0 saturated carbocycles. The molecular formula is C18H18F2N2O4. The maximum atomic E-state index is 13.7. The van der Waals surface area contributed by atoms with Crippen LogP contribution in [-0.2, 0) is 27.2 Å². The van der Waals surface area contributed by atoms with Crippen LogP contribution in [0.1, 0.15) is 11.1 Å². The van der Waals surface area contributed by atoms with Gasteiger partial charge >= 0.3 is 5.97 Å². The second-order valence-corrected chi connectivity index (χ2v) is 5.40. The van der Waals surface area contributed by atoms with Crippen LogP contribution in [0.3, 0.4) is 0 Å². The van der Waals surface area contributed by atoms with E-state index in [1.807, 2.05) is 0 Å². The van der Waals surface area contributed by atoms with Crippen molar-refractivity contribution in [1.29, 1.82) is 0 Å². The number of amides is 1. The fourth-order valence-electron chi connectivity index (χ4n) is 2.43. The van der Waals surface area contributed by atoms with Crippen LogP contribution in [0.4, 0.5) is 8.78 Å². The number of nitrogens with one attached hydrogen (secondary N) is 1. The largest absolute Gasteiger partial charge is 0.481 e. The van der Waals surface area contributed by atoms with Gasteiger partial charge in [0.15, 0.2) is 0 Å². The first-order chi connectivity index (χ1) is 12.5. The van der Waals surface area contributed by atoms with Crippen molar-refractivity contribution in [2.24, 2.45) is 0 Å². The molecule has 0 bridgehead atoms. The van der Waals surface area contributed by atoms with Gasteiger partial charge in [-0.2, -0.15) is 0 Å². The van der Waals surface area contributed by atoms with Gasteiger partial charge in [0.25, 0.3) is 0 Å². The number of methoxy groups -OCH3 is 2. The first kappa shape index (κ1) is 19.3. The molecule has 1 aromatic heterocycles. The van der Waals surface area contributed by atoms with Gasteiger partial charge in [0.05, 0.1) is 20.6 Å². The molecule has 0 aliphatic carbocycles. The molecule has 1 heterocycles. The highest BCUT2D eigenvalue weighted by Gasteiger charge is 2.24. The van der Waals surface area contributed by atoms with Gasteiger partial charge in [-0.25, -0.2) is 18.6 Å². The minimum absolute atomic E-state index is 0.0508. The van der Waals surface area contributed by atoms with Crippen molar-refractivity contribution >= 4 is 11.9 Å². The SMILES string of the molecule is COC(=O)[C@@H](Cc1cccnc1OC)NC(=O)Cc1c(F)cccc1F. The Hall–Kier alpha value is -3.03. The van der Waals surface area contributed by atoms with Gasteiger partial charge in [0.2, 0.25) is 11.8 Å². The molecule has 2 aromatic rings. The molecule has 1 atom stereocenters. The summed E-state index contributed by atoms with van der Waals surface area (Å²) in [5, 5.41) is 2.44. The molecule has 8 heteroatoms. The average Bonchev–Trinajstić information content (AvgIpc) is 2.64. The van der Waals surface area contributed by atoms with Gasteiger partial charge in [-0.1, -0.05) is 12.1 Å². The molecule has 0 fully saturated rings. The molecule has 0 aliphatic heterocycles. The third kappa shape index (κ3) is 4.75. The van der Waals surface area contributed by atoms with E-state index >= 15 is 0 Å². The molecule has 1 N–H and O–H groups in total. The first-order valence-electron chi connectivity index (χ1n) is 7.74. The van der Waals surface area contributed by atoms with E-state index in [0.29, 0.717) is 11.4 Å². The third-order valence-corrected chi connectivity index (χ3v) is 3.69. The Morgan fingerprint density at radius 2 is 1.85 bits per heavy atom. The molecular weight excluding hydrogens is 346 g/mol. The molecule has 138 valence electrons. The first-order valence-corrected chi connectivity index (χ1v) is 7.74. The van der Waals surface area contributed by atoms with Crippen LogP contribution in [0.15, 0.2) is 36.5 Å². The predicted molar refractivity (Wildman–Crippen MR) is 88.5 cm³/mol. The number of hydrogen-bond donors (Lipinski definition) is 1. The molecule has 26 heavy (non-hydrogen) atoms. The van der Waals surface area contributed by atoms with Crippen LogP contribution >= 0.6 is 0 Å². The second kappa shape index (κ2) is 8.89. The van der Waals surface area contributed by atoms with Crippen molar-refractivity contribution in [3.63, 3.8) is 0 Å². The molecule has 1 amide bonds. The summed E-state index contributed by atoms with van der Waals surface area (Å²) in [7, 11) is 2.61. The van der Waals surface area contributed by atoms with Gasteiger partial charge in [-0.15, -0.1) is 0 Å². The third-order valence-electron chi connectivity index (χ3n) is 3.69. The number of nitrogens with zero attached hydrogens (tertiary/aromatic N) is 1. The predicted octanol–water partition coefficient (Wildman–Crippen LogP) is 1.81. The number of aromatic nitrogens is 1. The monoisotopic (exact) mass is 364 g/mol. The molecule has 0 radical (unpaired) electrons. The summed E-state index contributed by atoms with van der Waals surface area (Å²) in [6, 6.07) is 5.61. The van der Waals surface area contributed by atoms with Gasteiger partial charge in [-0.05, 0) is 18.2 Å². The van der Waals surface area contributed by atoms with Gasteiger partial charge in [0, 0.05) is 23.7 Å². The molecule has 1 aromatic carbocycles. The van der Waals surface area contributed by atoms with Crippen LogP contribution in [0.5, 0.6) is 5.88 Å². The normalized spacial score (nSPS) is 11.5. The Kier molecular flexibility index (Phi) is 6.60. The zero-order chi connectivity index (χ0) is 19.1. The molecule has 0 aliphatic rings. The molecule has 0 saturated heterocycles. The van der Waals surface area contributed by atoms with E-state index in [-0.39, 0.29) is 12.0 Å². The van der Waals surface area contributed by atoms with Crippen LogP contribution in [0.2, 0.25) is 0 Å². The summed E-state index contributed by atoms with van der Waals surface area (Å²) in [6.07, 6.45) is 1.03. The summed E-state index contributed by atoms with van der Waals surface area (Å²) in [5.74, 6) is -2.77. The Morgan fingerprint density at radius 3 is 2.46 bits per heavy atom. The lowest BCUT2D eigenvalue weighted by molar-refractivity contribution is -0.145. The summed E-state index contributed by atoms with van der Waals surface area (Å²) in [4.78, 5) is 28.2. The van der Waals surface area contributed by atoms with Crippen molar-refractivity contribution in [1.82, 2.24) is 10.3 Å². The molecule has 0 unspecified atom stereocenters. The second-order valence-electron chi connectivity index (χ2n) is 5.40. The lowest BCUT2D eigenvalue weighted by Crippen LogP contribution is -2.44. The number of carbonyl (C=O) groups is 2. The Labute approximate surface area is 149 Å². The smallest absolute Gasteiger partial charge is 0.328 e. The summed E-state index contributed by atoms with van der Waals surface area (Å²) >= 11 is 0. The maximum absolute atomic E-state index is 13.7. The molecule has 2 rings (SSSR count). The highest BCUT2D eigenvalue weighted by atomic mass is 19.1. The van der Waals surface area contributed by atoms with E-state index < -0.39 is 36.0 Å². The number of carbonyl (C=O) groups excluding carboxylic acids is 2. The summed E-state index contributed by atoms with van der Waals surface area (Å²) in [5.41, 5.74) is 0.204. The van der Waals surface area contributed by atoms with Gasteiger partial charge < -0.3 is 14.8 Å². The quantitative estimate of drug-likeness (QED) is 0.759. The minimum atomic E-state index is -1.06. The standard InChI is InChI=1S/C18H18F2N2O4/c1-25-17-11(5-4-8-21-17)9-15(18(24)26-2)22-16(23)10-12-13(19)6-3-7-14(12)20/h3-8,15H,9-10H2,1-2H3,(H,22,23)/t15-/m1/s1. The number of halogens is 2. The van der Waals surface area contributed by atoms with E-state index in [2.05, 4.69) is 10.3 Å². The minimum Gasteiger partial charge on any atom is -0.481 e. The average molecular weight is 364 g/mol. The molecule has 0 spiro atoms. The highest BCUT2D eigenvalue weighted by molar-refractivity contribution is 5.86. The Morgan fingerprint density at radius 1 is 1.15 bits per heavy atom.